The van der Waals surface area contributed by atoms with Gasteiger partial charge >= 0.3 is 5.97 Å². The van der Waals surface area contributed by atoms with Crippen LogP contribution in [0.15, 0.2) is 42.5 Å². The number of likely N-dealkylation sites (N-methyl/N-ethyl adjacent to an activating group) is 1. The van der Waals surface area contributed by atoms with Gasteiger partial charge in [-0.05, 0) is 49.4 Å². The SMILES string of the molecule is Cc1ccc(O)c(C(=O)OCC(=O)N(C)[C@@H]2CCCc3ccccc32)c1. The third-order valence-corrected chi connectivity index (χ3v) is 4.90. The summed E-state index contributed by atoms with van der Waals surface area (Å²) in [7, 11) is 1.74. The molecular weight excluding hydrogens is 330 g/mol. The molecule has 0 unspecified atom stereocenters. The number of ether oxygens (including phenoxy) is 1. The van der Waals surface area contributed by atoms with E-state index in [4.69, 9.17) is 4.74 Å². The Morgan fingerprint density at radius 1 is 1.23 bits per heavy atom. The van der Waals surface area contributed by atoms with Crippen molar-refractivity contribution in [2.75, 3.05) is 13.7 Å². The maximum absolute atomic E-state index is 12.5. The monoisotopic (exact) mass is 353 g/mol. The van der Waals surface area contributed by atoms with Crippen LogP contribution in [0.1, 0.15) is 45.9 Å². The van der Waals surface area contributed by atoms with E-state index < -0.39 is 5.97 Å². The van der Waals surface area contributed by atoms with Crippen LogP contribution in [0.3, 0.4) is 0 Å². The molecule has 136 valence electrons. The summed E-state index contributed by atoms with van der Waals surface area (Å²) >= 11 is 0. The Morgan fingerprint density at radius 3 is 2.81 bits per heavy atom. The van der Waals surface area contributed by atoms with Gasteiger partial charge in [-0.2, -0.15) is 0 Å². The van der Waals surface area contributed by atoms with Crippen molar-refractivity contribution in [3.8, 4) is 5.75 Å². The molecule has 0 fully saturated rings. The molecule has 1 amide bonds. The van der Waals surface area contributed by atoms with Crippen LogP contribution in [0.5, 0.6) is 5.75 Å². The van der Waals surface area contributed by atoms with E-state index in [9.17, 15) is 14.7 Å². The van der Waals surface area contributed by atoms with Gasteiger partial charge in [0.1, 0.15) is 11.3 Å². The fourth-order valence-corrected chi connectivity index (χ4v) is 3.42. The first-order valence-corrected chi connectivity index (χ1v) is 8.77. The van der Waals surface area contributed by atoms with Gasteiger partial charge in [0.05, 0.1) is 6.04 Å². The topological polar surface area (TPSA) is 66.8 Å². The van der Waals surface area contributed by atoms with Crippen molar-refractivity contribution in [1.29, 1.82) is 0 Å². The first-order valence-electron chi connectivity index (χ1n) is 8.77. The molecule has 1 N–H and O–H groups in total. The number of esters is 1. The molecule has 0 radical (unpaired) electrons. The zero-order valence-electron chi connectivity index (χ0n) is 15.1. The van der Waals surface area contributed by atoms with Gasteiger partial charge in [-0.3, -0.25) is 4.79 Å². The fraction of sp³-hybridized carbons (Fsp3) is 0.333. The Hall–Kier alpha value is -2.82. The lowest BCUT2D eigenvalue weighted by atomic mass is 9.87. The largest absolute Gasteiger partial charge is 0.507 e. The van der Waals surface area contributed by atoms with E-state index in [-0.39, 0.29) is 29.9 Å². The summed E-state index contributed by atoms with van der Waals surface area (Å²) in [5.41, 5.74) is 3.34. The highest BCUT2D eigenvalue weighted by Crippen LogP contribution is 2.33. The summed E-state index contributed by atoms with van der Waals surface area (Å²) in [4.78, 5) is 26.3. The van der Waals surface area contributed by atoms with Gasteiger partial charge in [0.15, 0.2) is 6.61 Å². The molecule has 1 aliphatic carbocycles. The molecule has 1 atom stereocenters. The second-order valence-corrected chi connectivity index (χ2v) is 6.71. The minimum absolute atomic E-state index is 0.00137. The number of fused-ring (bicyclic) bond motifs is 1. The highest BCUT2D eigenvalue weighted by atomic mass is 16.5. The van der Waals surface area contributed by atoms with Crippen LogP contribution in [0.4, 0.5) is 0 Å². The van der Waals surface area contributed by atoms with Crippen LogP contribution in [-0.4, -0.2) is 35.5 Å². The van der Waals surface area contributed by atoms with Crippen molar-refractivity contribution in [2.45, 2.75) is 32.2 Å². The average Bonchev–Trinajstić information content (AvgIpc) is 2.66. The maximum Gasteiger partial charge on any atom is 0.342 e. The molecule has 0 bridgehead atoms. The van der Waals surface area contributed by atoms with Crippen molar-refractivity contribution in [1.82, 2.24) is 4.90 Å². The van der Waals surface area contributed by atoms with Crippen molar-refractivity contribution < 1.29 is 19.4 Å². The molecule has 2 aromatic carbocycles. The number of phenols is 1. The summed E-state index contributed by atoms with van der Waals surface area (Å²) < 4.78 is 5.14. The molecule has 26 heavy (non-hydrogen) atoms. The second-order valence-electron chi connectivity index (χ2n) is 6.71. The van der Waals surface area contributed by atoms with Crippen LogP contribution in [0.2, 0.25) is 0 Å². The maximum atomic E-state index is 12.5. The van der Waals surface area contributed by atoms with Gasteiger partial charge < -0.3 is 14.7 Å². The smallest absolute Gasteiger partial charge is 0.342 e. The van der Waals surface area contributed by atoms with Gasteiger partial charge in [-0.1, -0.05) is 35.9 Å². The second kappa shape index (κ2) is 7.60. The van der Waals surface area contributed by atoms with Crippen LogP contribution < -0.4 is 0 Å². The summed E-state index contributed by atoms with van der Waals surface area (Å²) in [5.74, 6) is -1.10. The number of amides is 1. The fourth-order valence-electron chi connectivity index (χ4n) is 3.42. The molecule has 0 aromatic heterocycles. The minimum Gasteiger partial charge on any atom is -0.507 e. The Bertz CT molecular complexity index is 831. The van der Waals surface area contributed by atoms with Crippen molar-refractivity contribution in [2.24, 2.45) is 0 Å². The number of benzene rings is 2. The number of nitrogens with zero attached hydrogens (tertiary/aromatic N) is 1. The molecule has 0 aliphatic heterocycles. The first kappa shape index (κ1) is 18.0. The van der Waals surface area contributed by atoms with E-state index in [1.54, 1.807) is 24.1 Å². The molecule has 5 heteroatoms. The third-order valence-electron chi connectivity index (χ3n) is 4.90. The van der Waals surface area contributed by atoms with Crippen LogP contribution in [0, 0.1) is 6.92 Å². The Labute approximate surface area is 153 Å². The number of carbonyl (C=O) groups is 2. The summed E-state index contributed by atoms with van der Waals surface area (Å²) in [6.07, 6.45) is 2.94. The molecule has 1 aliphatic rings. The number of aromatic hydroxyl groups is 1. The number of hydrogen-bond acceptors (Lipinski definition) is 4. The van der Waals surface area contributed by atoms with E-state index in [2.05, 4.69) is 12.1 Å². The van der Waals surface area contributed by atoms with E-state index in [0.717, 1.165) is 30.4 Å². The van der Waals surface area contributed by atoms with E-state index in [1.807, 2.05) is 19.1 Å². The number of hydrogen-bond donors (Lipinski definition) is 1. The van der Waals surface area contributed by atoms with Crippen molar-refractivity contribution in [3.63, 3.8) is 0 Å². The number of carbonyl (C=O) groups excluding carboxylic acids is 2. The predicted octanol–water partition coefficient (Wildman–Crippen LogP) is 3.39. The molecule has 0 saturated heterocycles. The van der Waals surface area contributed by atoms with Gasteiger partial charge in [0.2, 0.25) is 0 Å². The van der Waals surface area contributed by atoms with Gasteiger partial charge in [-0.25, -0.2) is 4.79 Å². The highest BCUT2D eigenvalue weighted by Gasteiger charge is 2.27. The molecule has 0 spiro atoms. The van der Waals surface area contributed by atoms with Gasteiger partial charge in [0, 0.05) is 7.05 Å². The number of phenolic OH excluding ortho intramolecular Hbond substituents is 1. The van der Waals surface area contributed by atoms with Gasteiger partial charge in [-0.15, -0.1) is 0 Å². The molecule has 3 rings (SSSR count). The van der Waals surface area contributed by atoms with Crippen LogP contribution in [-0.2, 0) is 16.0 Å². The summed E-state index contributed by atoms with van der Waals surface area (Å²) in [6, 6.07) is 12.8. The van der Waals surface area contributed by atoms with Crippen LogP contribution >= 0.6 is 0 Å². The predicted molar refractivity (Wildman–Crippen MR) is 98.0 cm³/mol. The van der Waals surface area contributed by atoms with Crippen molar-refractivity contribution >= 4 is 11.9 Å². The lowest BCUT2D eigenvalue weighted by Crippen LogP contribution is -2.36. The van der Waals surface area contributed by atoms with Gasteiger partial charge in [0.25, 0.3) is 5.91 Å². The summed E-state index contributed by atoms with van der Waals surface area (Å²) in [6.45, 7) is 1.47. The average molecular weight is 353 g/mol. The number of rotatable bonds is 4. The van der Waals surface area contributed by atoms with E-state index >= 15 is 0 Å². The third kappa shape index (κ3) is 3.72. The number of aryl methyl sites for hydroxylation is 2. The zero-order chi connectivity index (χ0) is 18.7. The zero-order valence-corrected chi connectivity index (χ0v) is 15.1. The normalized spacial score (nSPS) is 15.8. The Kier molecular flexibility index (Phi) is 5.26. The van der Waals surface area contributed by atoms with E-state index in [0.29, 0.717) is 0 Å². The molecular formula is C21H23NO4. The minimum atomic E-state index is -0.697. The Balaban J connectivity index is 1.65. The molecule has 0 heterocycles. The summed E-state index contributed by atoms with van der Waals surface area (Å²) in [5, 5.41) is 9.80. The van der Waals surface area contributed by atoms with Crippen molar-refractivity contribution in [3.05, 3.63) is 64.7 Å². The quantitative estimate of drug-likeness (QED) is 0.856. The lowest BCUT2D eigenvalue weighted by Gasteiger charge is -2.33. The van der Waals surface area contributed by atoms with E-state index in [1.165, 1.54) is 11.6 Å². The Morgan fingerprint density at radius 2 is 2.00 bits per heavy atom. The first-order chi connectivity index (χ1) is 12.5. The standard InChI is InChI=1S/C21H23NO4/c1-14-10-11-19(23)17(12-14)21(25)26-13-20(24)22(2)18-9-5-7-15-6-3-4-8-16(15)18/h3-4,6,8,10-12,18,23H,5,7,9,13H2,1-2H3/t18-/m1/s1. The lowest BCUT2D eigenvalue weighted by molar-refractivity contribution is -0.135. The van der Waals surface area contributed by atoms with Crippen LogP contribution in [0.25, 0.3) is 0 Å². The molecule has 5 nitrogen and oxygen atoms in total. The highest BCUT2D eigenvalue weighted by molar-refractivity contribution is 5.94. The molecule has 0 saturated carbocycles. The molecule has 2 aromatic rings.